The van der Waals surface area contributed by atoms with Gasteiger partial charge in [-0.2, -0.15) is 0 Å². The molecule has 2 aromatic carbocycles. The first-order chi connectivity index (χ1) is 14.4. The Morgan fingerprint density at radius 1 is 1.03 bits per heavy atom. The number of nitrogens with two attached hydrogens (primary N) is 1. The van der Waals surface area contributed by atoms with Gasteiger partial charge >= 0.3 is 0 Å². The summed E-state index contributed by atoms with van der Waals surface area (Å²) in [6, 6.07) is 13.9. The van der Waals surface area contributed by atoms with Gasteiger partial charge in [0, 0.05) is 5.56 Å². The Morgan fingerprint density at radius 3 is 2.37 bits per heavy atom. The number of nitrogens with zero attached hydrogens (tertiary/aromatic N) is 2. The highest BCUT2D eigenvalue weighted by Gasteiger charge is 2.39. The molecule has 2 amide bonds. The molecular formula is C23H24N4O3. The van der Waals surface area contributed by atoms with Crippen molar-refractivity contribution in [3.8, 4) is 5.69 Å². The number of hydrogen-bond donors (Lipinski definition) is 2. The predicted octanol–water partition coefficient (Wildman–Crippen LogP) is 2.61. The number of primary amides is 1. The molecule has 7 nitrogen and oxygen atoms in total. The van der Waals surface area contributed by atoms with Gasteiger partial charge in [-0.3, -0.25) is 19.0 Å². The van der Waals surface area contributed by atoms with Crippen molar-refractivity contribution in [2.24, 2.45) is 5.73 Å². The van der Waals surface area contributed by atoms with Crippen molar-refractivity contribution in [1.82, 2.24) is 14.9 Å². The highest BCUT2D eigenvalue weighted by molar-refractivity contribution is 5.99. The molecule has 1 saturated carbocycles. The minimum absolute atomic E-state index is 0.162. The lowest BCUT2D eigenvalue weighted by Gasteiger charge is -2.35. The lowest BCUT2D eigenvalue weighted by Crippen LogP contribution is -2.58. The van der Waals surface area contributed by atoms with E-state index in [1.807, 2.05) is 6.07 Å². The zero-order valence-corrected chi connectivity index (χ0v) is 16.9. The maximum Gasteiger partial charge on any atom is 0.265 e. The number of rotatable bonds is 4. The summed E-state index contributed by atoms with van der Waals surface area (Å²) in [4.78, 5) is 42.3. The maximum atomic E-state index is 12.9. The van der Waals surface area contributed by atoms with Gasteiger partial charge in [-0.05, 0) is 56.2 Å². The number of fused-ring (bicyclic) bond motifs is 1. The van der Waals surface area contributed by atoms with Crippen molar-refractivity contribution < 1.29 is 9.59 Å². The maximum absolute atomic E-state index is 12.9. The SMILES string of the molecule is Cc1nc2ccccc2c(=O)n1-c1ccc(C(=O)NC2(C(N)=O)CCCCC2)cc1. The van der Waals surface area contributed by atoms with Gasteiger partial charge in [0.15, 0.2) is 0 Å². The number of hydrogen-bond acceptors (Lipinski definition) is 4. The second kappa shape index (κ2) is 7.74. The second-order valence-electron chi connectivity index (χ2n) is 7.82. The van der Waals surface area contributed by atoms with Gasteiger partial charge < -0.3 is 11.1 Å². The highest BCUT2D eigenvalue weighted by Crippen LogP contribution is 2.28. The van der Waals surface area contributed by atoms with Crippen molar-refractivity contribution in [3.05, 3.63) is 70.3 Å². The number of nitrogens with one attached hydrogen (secondary N) is 1. The molecule has 0 unspecified atom stereocenters. The number of benzene rings is 2. The molecule has 0 aliphatic heterocycles. The van der Waals surface area contributed by atoms with E-state index in [0.29, 0.717) is 40.8 Å². The third-order valence-electron chi connectivity index (χ3n) is 5.86. The van der Waals surface area contributed by atoms with E-state index in [9.17, 15) is 14.4 Å². The Labute approximate surface area is 173 Å². The van der Waals surface area contributed by atoms with Crippen LogP contribution in [0.2, 0.25) is 0 Å². The van der Waals surface area contributed by atoms with Gasteiger partial charge in [0.25, 0.3) is 11.5 Å². The Morgan fingerprint density at radius 2 is 1.70 bits per heavy atom. The molecule has 1 aliphatic rings. The van der Waals surface area contributed by atoms with E-state index in [4.69, 9.17) is 5.73 Å². The summed E-state index contributed by atoms with van der Waals surface area (Å²) in [5.74, 6) is -0.273. The fourth-order valence-corrected chi connectivity index (χ4v) is 4.19. The van der Waals surface area contributed by atoms with Crippen LogP contribution in [-0.4, -0.2) is 26.9 Å². The molecule has 1 aromatic heterocycles. The first-order valence-corrected chi connectivity index (χ1v) is 10.1. The van der Waals surface area contributed by atoms with Gasteiger partial charge in [0.2, 0.25) is 5.91 Å². The third-order valence-corrected chi connectivity index (χ3v) is 5.86. The Bertz CT molecular complexity index is 1180. The van der Waals surface area contributed by atoms with Crippen molar-refractivity contribution in [3.63, 3.8) is 0 Å². The number of carbonyl (C=O) groups is 2. The quantitative estimate of drug-likeness (QED) is 0.697. The number of aromatic nitrogens is 2. The summed E-state index contributed by atoms with van der Waals surface area (Å²) < 4.78 is 1.52. The highest BCUT2D eigenvalue weighted by atomic mass is 16.2. The second-order valence-corrected chi connectivity index (χ2v) is 7.82. The minimum Gasteiger partial charge on any atom is -0.368 e. The van der Waals surface area contributed by atoms with E-state index in [1.165, 1.54) is 4.57 Å². The Hall–Kier alpha value is -3.48. The average molecular weight is 404 g/mol. The fourth-order valence-electron chi connectivity index (χ4n) is 4.19. The molecule has 1 heterocycles. The van der Waals surface area contributed by atoms with E-state index in [1.54, 1.807) is 49.4 Å². The molecule has 4 rings (SSSR count). The van der Waals surface area contributed by atoms with Crippen molar-refractivity contribution in [1.29, 1.82) is 0 Å². The van der Waals surface area contributed by atoms with Gasteiger partial charge in [0.1, 0.15) is 11.4 Å². The number of para-hydroxylation sites is 1. The summed E-state index contributed by atoms with van der Waals surface area (Å²) in [6.45, 7) is 1.77. The summed E-state index contributed by atoms with van der Waals surface area (Å²) in [5, 5.41) is 3.39. The predicted molar refractivity (Wildman–Crippen MR) is 115 cm³/mol. The van der Waals surface area contributed by atoms with Crippen LogP contribution in [0.3, 0.4) is 0 Å². The number of amides is 2. The molecule has 0 saturated heterocycles. The molecule has 1 fully saturated rings. The van der Waals surface area contributed by atoms with Gasteiger partial charge in [-0.25, -0.2) is 4.98 Å². The van der Waals surface area contributed by atoms with Crippen LogP contribution in [0, 0.1) is 6.92 Å². The molecule has 154 valence electrons. The van der Waals surface area contributed by atoms with E-state index in [-0.39, 0.29) is 11.5 Å². The largest absolute Gasteiger partial charge is 0.368 e. The summed E-state index contributed by atoms with van der Waals surface area (Å²) in [5.41, 5.74) is 6.14. The lowest BCUT2D eigenvalue weighted by atomic mass is 9.81. The molecule has 0 atom stereocenters. The standard InChI is InChI=1S/C23H24N4O3/c1-15-25-19-8-4-3-7-18(19)21(29)27(15)17-11-9-16(10-12-17)20(28)26-23(22(24)30)13-5-2-6-14-23/h3-4,7-12H,2,5-6,13-14H2,1H3,(H2,24,30)(H,26,28). The average Bonchev–Trinajstić information content (AvgIpc) is 2.75. The molecule has 3 aromatic rings. The summed E-state index contributed by atoms with van der Waals surface area (Å²) >= 11 is 0. The van der Waals surface area contributed by atoms with Crippen LogP contribution in [0.25, 0.3) is 16.6 Å². The molecule has 1 aliphatic carbocycles. The topological polar surface area (TPSA) is 107 Å². The van der Waals surface area contributed by atoms with Crippen LogP contribution < -0.4 is 16.6 Å². The lowest BCUT2D eigenvalue weighted by molar-refractivity contribution is -0.125. The molecule has 30 heavy (non-hydrogen) atoms. The molecule has 0 radical (unpaired) electrons. The van der Waals surface area contributed by atoms with Crippen LogP contribution in [0.15, 0.2) is 53.3 Å². The Balaban J connectivity index is 1.63. The first-order valence-electron chi connectivity index (χ1n) is 10.1. The molecule has 0 spiro atoms. The zero-order chi connectivity index (χ0) is 21.3. The number of carbonyl (C=O) groups excluding carboxylic acids is 2. The molecular weight excluding hydrogens is 380 g/mol. The fraction of sp³-hybridized carbons (Fsp3) is 0.304. The molecule has 3 N–H and O–H groups in total. The van der Waals surface area contributed by atoms with Crippen LogP contribution in [0.4, 0.5) is 0 Å². The minimum atomic E-state index is -0.982. The van der Waals surface area contributed by atoms with E-state index in [0.717, 1.165) is 19.3 Å². The summed E-state index contributed by atoms with van der Waals surface area (Å²) in [7, 11) is 0. The van der Waals surface area contributed by atoms with Crippen molar-refractivity contribution >= 4 is 22.7 Å². The van der Waals surface area contributed by atoms with Gasteiger partial charge in [-0.1, -0.05) is 31.4 Å². The smallest absolute Gasteiger partial charge is 0.265 e. The van der Waals surface area contributed by atoms with E-state index in [2.05, 4.69) is 10.3 Å². The van der Waals surface area contributed by atoms with Crippen molar-refractivity contribution in [2.45, 2.75) is 44.6 Å². The molecule has 7 heteroatoms. The van der Waals surface area contributed by atoms with Gasteiger partial charge in [-0.15, -0.1) is 0 Å². The van der Waals surface area contributed by atoms with Crippen LogP contribution in [-0.2, 0) is 4.79 Å². The van der Waals surface area contributed by atoms with E-state index >= 15 is 0 Å². The summed E-state index contributed by atoms with van der Waals surface area (Å²) in [6.07, 6.45) is 3.87. The zero-order valence-electron chi connectivity index (χ0n) is 16.9. The normalized spacial score (nSPS) is 15.6. The van der Waals surface area contributed by atoms with Crippen LogP contribution in [0.5, 0.6) is 0 Å². The Kier molecular flexibility index (Phi) is 5.11. The van der Waals surface area contributed by atoms with E-state index < -0.39 is 11.4 Å². The van der Waals surface area contributed by atoms with Crippen LogP contribution in [0.1, 0.15) is 48.3 Å². The van der Waals surface area contributed by atoms with Crippen molar-refractivity contribution in [2.75, 3.05) is 0 Å². The van der Waals surface area contributed by atoms with Gasteiger partial charge in [0.05, 0.1) is 16.6 Å². The van der Waals surface area contributed by atoms with Crippen LogP contribution >= 0.6 is 0 Å². The monoisotopic (exact) mass is 404 g/mol. The number of aryl methyl sites for hydroxylation is 1. The first kappa shape index (κ1) is 19.8. The molecule has 0 bridgehead atoms. The third kappa shape index (κ3) is 3.47.